The summed E-state index contributed by atoms with van der Waals surface area (Å²) in [6.45, 7) is 1.84. The van der Waals surface area contributed by atoms with Crippen LogP contribution in [0.15, 0.2) is 37.1 Å². The molecule has 9 nitrogen and oxygen atoms in total. The van der Waals surface area contributed by atoms with Crippen molar-refractivity contribution in [1.29, 1.82) is 0 Å². The summed E-state index contributed by atoms with van der Waals surface area (Å²) < 4.78 is 6.47. The first-order chi connectivity index (χ1) is 11.1. The fourth-order valence-corrected chi connectivity index (χ4v) is 2.21. The molecule has 0 aliphatic rings. The lowest BCUT2D eigenvalue weighted by Gasteiger charge is -2.04. The Hall–Kier alpha value is -3.36. The third-order valence-corrected chi connectivity index (χ3v) is 3.15. The van der Waals surface area contributed by atoms with Gasteiger partial charge in [0.1, 0.15) is 17.7 Å². The molecule has 0 saturated carbocycles. The van der Waals surface area contributed by atoms with Gasteiger partial charge >= 0.3 is 5.97 Å². The first kappa shape index (κ1) is 14.6. The first-order valence-corrected chi connectivity index (χ1v) is 6.71. The number of aromatic nitrogens is 4. The van der Waals surface area contributed by atoms with Gasteiger partial charge in [-0.2, -0.15) is 0 Å². The van der Waals surface area contributed by atoms with E-state index in [2.05, 4.69) is 15.0 Å². The molecular formula is C14H11N5O4. The molecule has 3 heterocycles. The number of hydrogen-bond acceptors (Lipinski definition) is 7. The Morgan fingerprint density at radius 2 is 2.13 bits per heavy atom. The minimum Gasteiger partial charge on any atom is -0.461 e. The molecule has 23 heavy (non-hydrogen) atoms. The van der Waals surface area contributed by atoms with Crippen LogP contribution in [-0.2, 0) is 4.74 Å². The summed E-state index contributed by atoms with van der Waals surface area (Å²) in [5.74, 6) is -0.638. The van der Waals surface area contributed by atoms with Crippen LogP contribution >= 0.6 is 0 Å². The molecule has 0 bridgehead atoms. The number of hydrogen-bond donors (Lipinski definition) is 0. The minimum atomic E-state index is -0.638. The quantitative estimate of drug-likeness (QED) is 0.410. The highest BCUT2D eigenvalue weighted by Gasteiger charge is 2.27. The predicted molar refractivity (Wildman–Crippen MR) is 78.8 cm³/mol. The number of carbonyl (C=O) groups is 1. The Bertz CT molecular complexity index is 905. The van der Waals surface area contributed by atoms with Crippen molar-refractivity contribution in [2.24, 2.45) is 0 Å². The summed E-state index contributed by atoms with van der Waals surface area (Å²) in [6.07, 6.45) is 5.53. The highest BCUT2D eigenvalue weighted by atomic mass is 16.6. The van der Waals surface area contributed by atoms with E-state index >= 15 is 0 Å². The predicted octanol–water partition coefficient (Wildman–Crippen LogP) is 1.88. The molecule has 0 aliphatic carbocycles. The number of fused-ring (bicyclic) bond motifs is 1. The zero-order valence-corrected chi connectivity index (χ0v) is 12.0. The fraction of sp³-hybridized carbons (Fsp3) is 0.143. The molecule has 0 spiro atoms. The average Bonchev–Trinajstić information content (AvgIpc) is 2.94. The number of esters is 1. The van der Waals surface area contributed by atoms with Gasteiger partial charge in [0.15, 0.2) is 5.69 Å². The maximum atomic E-state index is 12.3. The Kier molecular flexibility index (Phi) is 3.67. The van der Waals surface area contributed by atoms with Gasteiger partial charge in [0.05, 0.1) is 17.1 Å². The van der Waals surface area contributed by atoms with Crippen molar-refractivity contribution in [3.63, 3.8) is 0 Å². The van der Waals surface area contributed by atoms with Crippen molar-refractivity contribution in [1.82, 2.24) is 19.4 Å². The van der Waals surface area contributed by atoms with Crippen LogP contribution in [0.3, 0.4) is 0 Å². The van der Waals surface area contributed by atoms with E-state index in [4.69, 9.17) is 4.74 Å². The molecule has 3 rings (SSSR count). The second-order valence-corrected chi connectivity index (χ2v) is 4.49. The zero-order chi connectivity index (χ0) is 16.4. The molecule has 0 radical (unpaired) electrons. The molecule has 0 aromatic carbocycles. The van der Waals surface area contributed by atoms with Crippen molar-refractivity contribution in [3.05, 3.63) is 52.9 Å². The third kappa shape index (κ3) is 2.48. The zero-order valence-electron chi connectivity index (χ0n) is 12.0. The van der Waals surface area contributed by atoms with Crippen molar-refractivity contribution in [2.45, 2.75) is 6.92 Å². The van der Waals surface area contributed by atoms with Gasteiger partial charge in [0.25, 0.3) is 5.69 Å². The highest BCUT2D eigenvalue weighted by molar-refractivity contribution is 5.97. The molecule has 0 atom stereocenters. The molecule has 0 N–H and O–H groups in total. The van der Waals surface area contributed by atoms with Gasteiger partial charge in [-0.05, 0) is 13.0 Å². The number of pyridine rings is 1. The van der Waals surface area contributed by atoms with E-state index in [1.165, 1.54) is 35.4 Å². The van der Waals surface area contributed by atoms with Crippen LogP contribution in [0, 0.1) is 10.1 Å². The number of carbonyl (C=O) groups excluding carboxylic acids is 1. The average molecular weight is 313 g/mol. The summed E-state index contributed by atoms with van der Waals surface area (Å²) in [5.41, 5.74) is 0.588. The van der Waals surface area contributed by atoms with Crippen LogP contribution in [0.4, 0.5) is 5.69 Å². The monoisotopic (exact) mass is 313 g/mol. The van der Waals surface area contributed by atoms with Crippen LogP contribution in [-0.4, -0.2) is 36.9 Å². The smallest absolute Gasteiger partial charge is 0.357 e. The van der Waals surface area contributed by atoms with Gasteiger partial charge in [0.2, 0.25) is 0 Å². The molecule has 0 unspecified atom stereocenters. The van der Waals surface area contributed by atoms with Crippen molar-refractivity contribution in [3.8, 4) is 11.3 Å². The molecule has 3 aromatic heterocycles. The number of imidazole rings is 1. The van der Waals surface area contributed by atoms with E-state index in [0.29, 0.717) is 5.65 Å². The summed E-state index contributed by atoms with van der Waals surface area (Å²) in [6, 6.07) is 2.85. The Morgan fingerprint density at radius 1 is 1.35 bits per heavy atom. The lowest BCUT2D eigenvalue weighted by Crippen LogP contribution is -2.10. The van der Waals surface area contributed by atoms with Crippen LogP contribution in [0.2, 0.25) is 0 Å². The maximum Gasteiger partial charge on any atom is 0.357 e. The van der Waals surface area contributed by atoms with E-state index in [9.17, 15) is 14.9 Å². The van der Waals surface area contributed by atoms with Gasteiger partial charge in [0, 0.05) is 24.7 Å². The lowest BCUT2D eigenvalue weighted by molar-refractivity contribution is -0.384. The second kappa shape index (κ2) is 5.79. The van der Waals surface area contributed by atoms with E-state index in [0.717, 1.165) is 0 Å². The number of rotatable bonds is 4. The molecule has 0 aliphatic heterocycles. The van der Waals surface area contributed by atoms with Gasteiger partial charge < -0.3 is 4.74 Å². The van der Waals surface area contributed by atoms with Crippen LogP contribution in [0.1, 0.15) is 17.4 Å². The second-order valence-electron chi connectivity index (χ2n) is 4.49. The Morgan fingerprint density at radius 3 is 2.87 bits per heavy atom. The van der Waals surface area contributed by atoms with Crippen LogP contribution in [0.25, 0.3) is 16.9 Å². The van der Waals surface area contributed by atoms with E-state index < -0.39 is 10.9 Å². The summed E-state index contributed by atoms with van der Waals surface area (Å²) in [5, 5.41) is 11.2. The number of nitrogens with zero attached hydrogens (tertiary/aromatic N) is 5. The topological polar surface area (TPSA) is 113 Å². The van der Waals surface area contributed by atoms with Gasteiger partial charge in [-0.1, -0.05) is 0 Å². The summed E-state index contributed by atoms with van der Waals surface area (Å²) in [7, 11) is 0. The Balaban J connectivity index is 2.32. The van der Waals surface area contributed by atoms with Crippen LogP contribution < -0.4 is 0 Å². The summed E-state index contributed by atoms with van der Waals surface area (Å²) in [4.78, 5) is 35.1. The van der Waals surface area contributed by atoms with Gasteiger partial charge in [-0.25, -0.2) is 14.8 Å². The molecular weight excluding hydrogens is 302 g/mol. The number of ether oxygens (including phenoxy) is 1. The normalized spacial score (nSPS) is 10.7. The first-order valence-electron chi connectivity index (χ1n) is 6.71. The molecule has 0 amide bonds. The van der Waals surface area contributed by atoms with Gasteiger partial charge in [-0.3, -0.25) is 19.5 Å². The fourth-order valence-electron chi connectivity index (χ4n) is 2.21. The van der Waals surface area contributed by atoms with E-state index in [-0.39, 0.29) is 29.2 Å². The Labute approximate surface area is 129 Å². The molecule has 0 fully saturated rings. The number of nitro groups is 1. The third-order valence-electron chi connectivity index (χ3n) is 3.15. The molecule has 9 heteroatoms. The molecule has 3 aromatic rings. The van der Waals surface area contributed by atoms with Crippen molar-refractivity contribution >= 4 is 17.3 Å². The van der Waals surface area contributed by atoms with Crippen molar-refractivity contribution < 1.29 is 14.5 Å². The molecule has 116 valence electrons. The maximum absolute atomic E-state index is 12.3. The summed E-state index contributed by atoms with van der Waals surface area (Å²) >= 11 is 0. The largest absolute Gasteiger partial charge is 0.461 e. The standard InChI is InChI=1S/C14H11N5O4/c1-2-23-14(20)13-12(17-11-4-6-16-8-18(11)13)9-7-15-5-3-10(9)19(21)22/h3-8H,2H2,1H3. The molecule has 0 saturated heterocycles. The van der Waals surface area contributed by atoms with Crippen molar-refractivity contribution in [2.75, 3.05) is 6.61 Å². The van der Waals surface area contributed by atoms with Gasteiger partial charge in [-0.15, -0.1) is 0 Å². The minimum absolute atomic E-state index is 0.0750. The van der Waals surface area contributed by atoms with Crippen LogP contribution in [0.5, 0.6) is 0 Å². The van der Waals surface area contributed by atoms with E-state index in [1.54, 1.807) is 13.0 Å². The van der Waals surface area contributed by atoms with E-state index in [1.807, 2.05) is 0 Å². The SMILES string of the molecule is CCOC(=O)c1c(-c2cnccc2[N+](=O)[O-])nc2ccncn12. The highest BCUT2D eigenvalue weighted by Crippen LogP contribution is 2.31. The lowest BCUT2D eigenvalue weighted by atomic mass is 10.1.